The Hall–Kier alpha value is -3.34. The van der Waals surface area contributed by atoms with Gasteiger partial charge in [-0.25, -0.2) is 4.79 Å². The summed E-state index contributed by atoms with van der Waals surface area (Å²) in [5, 5.41) is 29.1. The Morgan fingerprint density at radius 2 is 2.09 bits per heavy atom. The van der Waals surface area contributed by atoms with E-state index in [1.807, 2.05) is 4.90 Å². The maximum absolute atomic E-state index is 11.6. The molecule has 2 aromatic rings. The Kier molecular flexibility index (Phi) is 6.68. The maximum atomic E-state index is 11.6. The Labute approximate surface area is 196 Å². The molecule has 11 heteroatoms. The molecule has 1 N–H and O–H groups in total. The fourth-order valence-corrected chi connectivity index (χ4v) is 4.64. The predicted octanol–water partition coefficient (Wildman–Crippen LogP) is 2.71. The molecular formula is C22H24ClN7O3. The van der Waals surface area contributed by atoms with Gasteiger partial charge in [-0.3, -0.25) is 0 Å². The zero-order chi connectivity index (χ0) is 23.5. The molecule has 1 amide bonds. The highest BCUT2D eigenvalue weighted by Crippen LogP contribution is 2.32. The zero-order valence-corrected chi connectivity index (χ0v) is 19.0. The van der Waals surface area contributed by atoms with Crippen molar-refractivity contribution in [2.75, 3.05) is 44.7 Å². The second-order valence-corrected chi connectivity index (χ2v) is 8.72. The van der Waals surface area contributed by atoms with Crippen LogP contribution in [-0.4, -0.2) is 82.9 Å². The van der Waals surface area contributed by atoms with Crippen LogP contribution in [-0.2, 0) is 0 Å². The summed E-state index contributed by atoms with van der Waals surface area (Å²) in [5.74, 6) is 0.538. The number of carboxylic acid groups (broad SMARTS) is 1. The lowest BCUT2D eigenvalue weighted by molar-refractivity contribution is 0.119. The van der Waals surface area contributed by atoms with Crippen molar-refractivity contribution in [3.8, 4) is 18.1 Å². The molecule has 33 heavy (non-hydrogen) atoms. The van der Waals surface area contributed by atoms with Crippen molar-refractivity contribution in [1.82, 2.24) is 19.8 Å². The number of rotatable bonds is 5. The number of benzene rings is 1. The van der Waals surface area contributed by atoms with Gasteiger partial charge in [-0.15, -0.1) is 0 Å². The number of ether oxygens (including phenoxy) is 1. The highest BCUT2D eigenvalue weighted by molar-refractivity contribution is 6.32. The van der Waals surface area contributed by atoms with Crippen molar-refractivity contribution in [1.29, 1.82) is 10.5 Å². The van der Waals surface area contributed by atoms with Crippen LogP contribution in [0.15, 0.2) is 12.1 Å². The van der Waals surface area contributed by atoms with E-state index in [4.69, 9.17) is 16.3 Å². The molecule has 1 unspecified atom stereocenters. The minimum Gasteiger partial charge on any atom is -0.465 e. The first-order chi connectivity index (χ1) is 15.9. The number of likely N-dealkylation sites (N-methyl/N-ethyl adjacent to an activating group) is 1. The molecule has 1 aromatic carbocycles. The second-order valence-electron chi connectivity index (χ2n) is 8.32. The van der Waals surface area contributed by atoms with E-state index < -0.39 is 12.1 Å². The van der Waals surface area contributed by atoms with Crippen LogP contribution >= 0.6 is 11.6 Å². The third kappa shape index (κ3) is 4.72. The van der Waals surface area contributed by atoms with Gasteiger partial charge in [0.15, 0.2) is 0 Å². The van der Waals surface area contributed by atoms with Crippen LogP contribution in [0.4, 0.5) is 10.6 Å². The number of nitrogens with zero attached hydrogens (tertiary/aromatic N) is 7. The average molecular weight is 470 g/mol. The summed E-state index contributed by atoms with van der Waals surface area (Å²) in [6, 6.07) is 7.41. The van der Waals surface area contributed by atoms with Gasteiger partial charge in [0.05, 0.1) is 34.6 Å². The van der Waals surface area contributed by atoms with Crippen molar-refractivity contribution in [3.63, 3.8) is 0 Å². The molecule has 0 radical (unpaired) electrons. The van der Waals surface area contributed by atoms with Crippen LogP contribution in [0.25, 0.3) is 10.9 Å². The topological polar surface area (TPSA) is 130 Å². The van der Waals surface area contributed by atoms with Crippen molar-refractivity contribution in [2.45, 2.75) is 31.3 Å². The monoisotopic (exact) mass is 469 g/mol. The van der Waals surface area contributed by atoms with Gasteiger partial charge in [0.25, 0.3) is 0 Å². The number of aromatic nitrogens is 2. The van der Waals surface area contributed by atoms with Gasteiger partial charge in [-0.1, -0.05) is 11.6 Å². The number of anilines is 1. The van der Waals surface area contributed by atoms with Gasteiger partial charge in [-0.05, 0) is 38.6 Å². The van der Waals surface area contributed by atoms with E-state index >= 15 is 0 Å². The molecule has 1 aromatic heterocycles. The molecule has 4 rings (SSSR count). The molecule has 2 aliphatic heterocycles. The molecule has 0 aliphatic carbocycles. The van der Waals surface area contributed by atoms with Gasteiger partial charge >= 0.3 is 12.1 Å². The number of fused-ring (bicyclic) bond motifs is 1. The molecule has 3 heterocycles. The van der Waals surface area contributed by atoms with Crippen LogP contribution in [0.5, 0.6) is 6.01 Å². The van der Waals surface area contributed by atoms with Gasteiger partial charge in [0, 0.05) is 31.1 Å². The van der Waals surface area contributed by atoms with Crippen molar-refractivity contribution in [3.05, 3.63) is 22.7 Å². The third-order valence-corrected chi connectivity index (χ3v) is 6.61. The summed E-state index contributed by atoms with van der Waals surface area (Å²) in [7, 11) is 2.06. The summed E-state index contributed by atoms with van der Waals surface area (Å²) in [6.45, 7) is 2.39. The van der Waals surface area contributed by atoms with E-state index in [9.17, 15) is 20.4 Å². The van der Waals surface area contributed by atoms with Crippen LogP contribution in [0, 0.1) is 22.7 Å². The van der Waals surface area contributed by atoms with Crippen LogP contribution in [0.3, 0.4) is 0 Å². The van der Waals surface area contributed by atoms with Crippen LogP contribution in [0.2, 0.25) is 5.02 Å². The average Bonchev–Trinajstić information content (AvgIpc) is 3.21. The molecule has 0 bridgehead atoms. The van der Waals surface area contributed by atoms with Crippen LogP contribution in [0.1, 0.15) is 24.8 Å². The summed E-state index contributed by atoms with van der Waals surface area (Å²) in [4.78, 5) is 26.2. The summed E-state index contributed by atoms with van der Waals surface area (Å²) in [6.07, 6.45) is 1.18. The first-order valence-electron chi connectivity index (χ1n) is 10.8. The fourth-order valence-electron chi connectivity index (χ4n) is 4.44. The van der Waals surface area contributed by atoms with Gasteiger partial charge in [0.2, 0.25) is 0 Å². The van der Waals surface area contributed by atoms with Gasteiger partial charge in [0.1, 0.15) is 18.5 Å². The highest BCUT2D eigenvalue weighted by Gasteiger charge is 2.32. The number of hydrogen-bond acceptors (Lipinski definition) is 8. The Morgan fingerprint density at radius 1 is 1.27 bits per heavy atom. The summed E-state index contributed by atoms with van der Waals surface area (Å²) >= 11 is 6.26. The van der Waals surface area contributed by atoms with Crippen molar-refractivity contribution >= 4 is 34.4 Å². The fraction of sp³-hybridized carbons (Fsp3) is 0.500. The second kappa shape index (κ2) is 9.65. The Balaban J connectivity index is 1.70. The number of carbonyl (C=O) groups is 1. The smallest absolute Gasteiger partial charge is 0.407 e. The van der Waals surface area contributed by atoms with Crippen molar-refractivity contribution in [2.24, 2.45) is 0 Å². The molecule has 2 saturated heterocycles. The molecule has 0 spiro atoms. The number of amides is 1. The molecule has 172 valence electrons. The lowest BCUT2D eigenvalue weighted by atomic mass is 10.1. The number of likely N-dealkylation sites (tertiary alicyclic amines) is 1. The first-order valence-corrected chi connectivity index (χ1v) is 11.1. The van der Waals surface area contributed by atoms with Crippen LogP contribution < -0.4 is 9.64 Å². The van der Waals surface area contributed by atoms with E-state index in [2.05, 4.69) is 34.1 Å². The first kappa shape index (κ1) is 22.8. The normalized spacial score (nSPS) is 21.1. The van der Waals surface area contributed by atoms with Gasteiger partial charge < -0.3 is 24.5 Å². The Bertz CT molecular complexity index is 1150. The molecule has 10 nitrogen and oxygen atoms in total. The lowest BCUT2D eigenvalue weighted by Gasteiger charge is -2.39. The molecule has 2 atom stereocenters. The third-order valence-electron chi connectivity index (χ3n) is 6.30. The summed E-state index contributed by atoms with van der Waals surface area (Å²) in [5.41, 5.74) is 0.837. The Morgan fingerprint density at radius 3 is 2.76 bits per heavy atom. The predicted molar refractivity (Wildman–Crippen MR) is 121 cm³/mol. The SMILES string of the molecule is CN1CCC[C@H]1COc1nc(N2CCN(C(=O)O)C(CC#N)C2)c2cc(C#N)c(Cl)cc2n1. The molecular weight excluding hydrogens is 446 g/mol. The quantitative estimate of drug-likeness (QED) is 0.702. The number of halogens is 1. The van der Waals surface area contributed by atoms with Gasteiger partial charge in [-0.2, -0.15) is 20.5 Å². The molecule has 2 aliphatic rings. The lowest BCUT2D eigenvalue weighted by Crippen LogP contribution is -2.55. The zero-order valence-electron chi connectivity index (χ0n) is 18.2. The van der Waals surface area contributed by atoms with Crippen molar-refractivity contribution < 1.29 is 14.6 Å². The maximum Gasteiger partial charge on any atom is 0.407 e. The number of hydrogen-bond donors (Lipinski definition) is 1. The highest BCUT2D eigenvalue weighted by atomic mass is 35.5. The minimum absolute atomic E-state index is 0.0679. The minimum atomic E-state index is -1.05. The van der Waals surface area contributed by atoms with E-state index in [-0.39, 0.29) is 30.0 Å². The number of nitriles is 2. The summed E-state index contributed by atoms with van der Waals surface area (Å²) < 4.78 is 5.97. The van der Waals surface area contributed by atoms with E-state index in [1.165, 1.54) is 4.90 Å². The number of piperazine rings is 1. The largest absolute Gasteiger partial charge is 0.465 e. The van der Waals surface area contributed by atoms with E-state index in [0.717, 1.165) is 19.4 Å². The molecule has 0 saturated carbocycles. The van der Waals surface area contributed by atoms with E-state index in [1.54, 1.807) is 12.1 Å². The van der Waals surface area contributed by atoms with E-state index in [0.29, 0.717) is 42.0 Å². The standard InChI is InChI=1S/C22H24ClN7O3/c1-28-6-2-3-16(28)13-33-21-26-19-10-18(23)14(11-25)9-17(19)20(27-21)29-7-8-30(22(31)32)15(12-29)4-5-24/h9-10,15-16H,2-4,6-8,12-13H2,1H3,(H,31,32)/t15?,16-/m0/s1. The molecule has 2 fully saturated rings.